The van der Waals surface area contributed by atoms with E-state index in [1.165, 1.54) is 48.5 Å². The molecule has 0 bridgehead atoms. The Morgan fingerprint density at radius 1 is 0.786 bits per heavy atom. The zero-order valence-corrected chi connectivity index (χ0v) is 44.0. The maximum atomic E-state index is 12.9. The van der Waals surface area contributed by atoms with Crippen molar-refractivity contribution in [1.29, 1.82) is 0 Å². The maximum absolute atomic E-state index is 12.9. The normalized spacial score (nSPS) is 14.3. The summed E-state index contributed by atoms with van der Waals surface area (Å²) in [6.45, 7) is -0.621. The number of anilines is 2. The molecule has 21 nitrogen and oxygen atoms in total. The number of rotatable bonds is 20. The van der Waals surface area contributed by atoms with E-state index >= 15 is 0 Å². The van der Waals surface area contributed by atoms with Gasteiger partial charge in [-0.25, -0.2) is 21.0 Å². The fraction of sp³-hybridized carbons (Fsp3) is 0.217. The summed E-state index contributed by atoms with van der Waals surface area (Å²) in [6.07, 6.45) is 0. The van der Waals surface area contributed by atoms with Gasteiger partial charge in [-0.2, -0.15) is 10.2 Å². The first-order valence-electron chi connectivity index (χ1n) is 13.3. The molecule has 0 spiro atoms. The minimum Gasteiger partial charge on any atom is -0.750 e. The van der Waals surface area contributed by atoms with E-state index in [1.54, 1.807) is 0 Å². The molecule has 286 valence electrons. The maximum Gasteiger partial charge on any atom is 1.00 e. The van der Waals surface area contributed by atoms with Crippen LogP contribution >= 0.6 is 12.3 Å². The van der Waals surface area contributed by atoms with Crippen molar-refractivity contribution in [2.24, 2.45) is 20.5 Å². The van der Waals surface area contributed by atoms with Crippen LogP contribution < -0.4 is 135 Å². The van der Waals surface area contributed by atoms with Crippen molar-refractivity contribution in [2.75, 3.05) is 41.6 Å². The van der Waals surface area contributed by atoms with Gasteiger partial charge in [0.05, 0.1) is 80.7 Å². The molecule has 3 unspecified atom stereocenters. The third kappa shape index (κ3) is 20.0. The Kier molecular flexibility index (Phi) is 29.0. The molecule has 33 heteroatoms. The summed E-state index contributed by atoms with van der Waals surface area (Å²) in [5, 5.41) is 30.7. The van der Waals surface area contributed by atoms with E-state index in [2.05, 4.69) is 39.3 Å². The molecule has 0 heterocycles. The molecule has 0 aliphatic heterocycles. The van der Waals surface area contributed by atoms with Gasteiger partial charge in [0.2, 0.25) is 0 Å². The molecule has 56 heavy (non-hydrogen) atoms. The molecule has 0 fully saturated rings. The fourth-order valence-corrected chi connectivity index (χ4v) is 8.53. The molecule has 3 aromatic carbocycles. The van der Waals surface area contributed by atoms with Crippen molar-refractivity contribution in [3.63, 3.8) is 0 Å². The van der Waals surface area contributed by atoms with Gasteiger partial charge < -0.3 is 30.0 Å². The Morgan fingerprint density at radius 3 is 1.71 bits per heavy atom. The molecular formula is C23H22N6Na4O15S8. The quantitative estimate of drug-likeness (QED) is 0.0122. The van der Waals surface area contributed by atoms with Gasteiger partial charge in [0, 0.05) is 9.79 Å². The van der Waals surface area contributed by atoms with Crippen LogP contribution in [-0.2, 0) is 88.7 Å². The van der Waals surface area contributed by atoms with Gasteiger partial charge in [-0.1, -0.05) is 0 Å². The molecule has 0 saturated heterocycles. The van der Waals surface area contributed by atoms with E-state index in [4.69, 9.17) is 32.3 Å². The Morgan fingerprint density at radius 2 is 1.27 bits per heavy atom. The van der Waals surface area contributed by atoms with Crippen molar-refractivity contribution in [2.45, 2.75) is 14.7 Å². The minimum atomic E-state index is -5.34. The largest absolute Gasteiger partial charge is 1.00 e. The molecule has 0 aromatic heterocycles. The second kappa shape index (κ2) is 27.4. The molecule has 0 aliphatic carbocycles. The minimum absolute atomic E-state index is 0. The van der Waals surface area contributed by atoms with Gasteiger partial charge in [0.1, 0.15) is 37.5 Å². The topological polar surface area (TPSA) is 336 Å². The average molecular weight is 971 g/mol. The van der Waals surface area contributed by atoms with Crippen LogP contribution in [0.1, 0.15) is 0 Å². The van der Waals surface area contributed by atoms with Crippen LogP contribution in [0, 0.1) is 0 Å². The Hall–Kier alpha value is 1.28. The van der Waals surface area contributed by atoms with Gasteiger partial charge >= 0.3 is 118 Å². The van der Waals surface area contributed by atoms with Crippen LogP contribution in [0.25, 0.3) is 0 Å². The number of hydrogen-bond donors (Lipinski definition) is 2. The van der Waals surface area contributed by atoms with Gasteiger partial charge in [-0.05, 0) is 77.0 Å². The Labute approximate surface area is 426 Å². The van der Waals surface area contributed by atoms with Crippen LogP contribution in [0.2, 0.25) is 0 Å². The van der Waals surface area contributed by atoms with Gasteiger partial charge in [0.25, 0.3) is 0 Å². The molecule has 3 N–H and O–H groups in total. The molecule has 0 amide bonds. The molecule has 3 rings (SSSR count). The summed E-state index contributed by atoms with van der Waals surface area (Å²) in [4.78, 5) is -0.759. The van der Waals surface area contributed by atoms with Gasteiger partial charge in [0.15, 0.2) is 12.3 Å². The van der Waals surface area contributed by atoms with Crippen LogP contribution in [0.3, 0.4) is 0 Å². The van der Waals surface area contributed by atoms with E-state index in [0.717, 1.165) is 0 Å². The first kappa shape index (κ1) is 59.4. The molecule has 3 atom stereocenters. The molecule has 0 saturated carbocycles. The average Bonchev–Trinajstić information content (AvgIpc) is 3.05. The summed E-state index contributed by atoms with van der Waals surface area (Å²) in [5.41, 5.74) is 3.58. The first-order valence-corrected chi connectivity index (χ1v) is 23.3. The second-order valence-electron chi connectivity index (χ2n) is 9.44. The number of nitrogens with one attached hydrogen (secondary N) is 1. The molecule has 3 aromatic rings. The summed E-state index contributed by atoms with van der Waals surface area (Å²) < 4.78 is 131. The first-order chi connectivity index (χ1) is 24.2. The summed E-state index contributed by atoms with van der Waals surface area (Å²) in [7, 11) is -16.6. The van der Waals surface area contributed by atoms with Crippen LogP contribution in [0.15, 0.2) is 89.7 Å². The zero-order chi connectivity index (χ0) is 38.7. The van der Waals surface area contributed by atoms with Crippen LogP contribution in [0.5, 0.6) is 0 Å². The monoisotopic (exact) mass is 970 g/mol. The van der Waals surface area contributed by atoms with Crippen molar-refractivity contribution in [1.82, 2.24) is 0 Å². The van der Waals surface area contributed by atoms with E-state index < -0.39 is 88.7 Å². The number of nitrogen functional groups attached to an aromatic ring is 1. The smallest absolute Gasteiger partial charge is 0.750 e. The summed E-state index contributed by atoms with van der Waals surface area (Å²) in [5.74, 6) is -1.76. The number of benzene rings is 3. The van der Waals surface area contributed by atoms with E-state index in [-0.39, 0.29) is 170 Å². The van der Waals surface area contributed by atoms with Crippen molar-refractivity contribution in [3.05, 3.63) is 54.6 Å². The summed E-state index contributed by atoms with van der Waals surface area (Å²) in [6, 6.07) is 11.1. The summed E-state index contributed by atoms with van der Waals surface area (Å²) >= 11 is 7.58. The van der Waals surface area contributed by atoms with Crippen molar-refractivity contribution < 1.29 is 184 Å². The van der Waals surface area contributed by atoms with Crippen molar-refractivity contribution in [3.8, 4) is 0 Å². The SMILES string of the molecule is Nc1c(S(=O)(=O)[O-])cc(N=Nc2ccc(S(=O)(=S)CCOSOO[O-])cc2)c(NCS(=O)(=O)[O-])c1N=Nc1ccc(S(=O)(=S)CCOS(=O)[O-])cc1.[Na+].[Na+].[Na+].[Na+]. The van der Waals surface area contributed by atoms with E-state index in [9.17, 15) is 48.4 Å². The van der Waals surface area contributed by atoms with E-state index in [0.29, 0.717) is 6.07 Å². The standard InChI is InChI=1S/C23H26N6O15S8.4Na/c24-21-20(52(38,39)40)13-19(28-26-15-1-5-17(6-2-15)49(33,45)11-9-41-47-44-43-30)22(25-14-51(35,36)37)23(21)29-27-16-3-7-18(8-4-16)50(34,46)12-10-42-48(31)32;;;;/h1-8,13,25,30H,9-12,14,24H2,(H,31,32)(H,35,36,37)(H,38,39,40);;;;/q;4*+1/p-4. The van der Waals surface area contributed by atoms with E-state index in [1.807, 2.05) is 0 Å². The Bertz CT molecular complexity index is 2280. The van der Waals surface area contributed by atoms with Crippen molar-refractivity contribution >= 4 is 117 Å². The predicted molar refractivity (Wildman–Crippen MR) is 186 cm³/mol. The van der Waals surface area contributed by atoms with Gasteiger partial charge in [-0.15, -0.1) is 14.6 Å². The number of azo groups is 2. The van der Waals surface area contributed by atoms with Crippen LogP contribution in [0.4, 0.5) is 34.1 Å². The molecule has 0 aliphatic rings. The predicted octanol–water partition coefficient (Wildman–Crippen LogP) is -10.2. The molecular weight excluding hydrogens is 949 g/mol. The number of nitrogens with zero attached hydrogens (tertiary/aromatic N) is 4. The zero-order valence-electron chi connectivity index (χ0n) is 29.5. The molecule has 0 radical (unpaired) electrons. The van der Waals surface area contributed by atoms with Gasteiger partial charge in [-0.3, -0.25) is 21.8 Å². The third-order valence-corrected chi connectivity index (χ3v) is 13.6. The third-order valence-electron chi connectivity index (χ3n) is 5.98. The number of nitrogens with two attached hydrogens (primary N) is 1. The van der Waals surface area contributed by atoms with Crippen LogP contribution in [-0.4, -0.2) is 73.7 Å². The fourth-order valence-electron chi connectivity index (χ4n) is 3.69. The second-order valence-corrected chi connectivity index (χ2v) is 20.8. The number of hydrogen-bond acceptors (Lipinski definition) is 24. The Balaban J connectivity index is 0.